The number of quaternary nitrogens is 1. The van der Waals surface area contributed by atoms with Gasteiger partial charge in [-0.25, -0.2) is 4.79 Å². The molecule has 1 aliphatic heterocycles. The van der Waals surface area contributed by atoms with Crippen LogP contribution in [-0.2, 0) is 14.3 Å². The summed E-state index contributed by atoms with van der Waals surface area (Å²) in [5, 5.41) is 20.8. The number of carbonyl (C=O) groups excluding carboxylic acids is 3. The molecule has 0 bridgehead atoms. The number of thiophene rings is 1. The van der Waals surface area contributed by atoms with Crippen molar-refractivity contribution in [3.8, 4) is 0 Å². The second-order valence-corrected chi connectivity index (χ2v) is 8.31. The van der Waals surface area contributed by atoms with Gasteiger partial charge in [0.1, 0.15) is 11.1 Å². The van der Waals surface area contributed by atoms with Gasteiger partial charge in [-0.15, -0.1) is 11.3 Å². The number of aromatic nitrogens is 1. The van der Waals surface area contributed by atoms with Gasteiger partial charge in [0.15, 0.2) is 18.9 Å². The summed E-state index contributed by atoms with van der Waals surface area (Å²) in [6, 6.07) is 1.53. The first-order chi connectivity index (χ1) is 14.3. The molecule has 0 atom stereocenters. The number of amides is 2. The molecule has 1 aliphatic rings. The van der Waals surface area contributed by atoms with Gasteiger partial charge in [-0.2, -0.15) is 0 Å². The summed E-state index contributed by atoms with van der Waals surface area (Å²) in [6.07, 6.45) is 1.90. The lowest BCUT2D eigenvalue weighted by molar-refractivity contribution is -0.918. The molecule has 0 unspecified atom stereocenters. The zero-order valence-electron chi connectivity index (χ0n) is 16.8. The smallest absolute Gasteiger partial charge is 0.350 e. The Morgan fingerprint density at radius 3 is 2.53 bits per heavy atom. The number of anilines is 2. The van der Waals surface area contributed by atoms with E-state index in [0.717, 1.165) is 5.56 Å². The van der Waals surface area contributed by atoms with Crippen LogP contribution in [0.4, 0.5) is 11.5 Å². The minimum absolute atomic E-state index is 0.0366. The van der Waals surface area contributed by atoms with E-state index in [0.29, 0.717) is 42.3 Å². The van der Waals surface area contributed by atoms with E-state index in [2.05, 4.69) is 15.8 Å². The van der Waals surface area contributed by atoms with Gasteiger partial charge in [-0.3, -0.25) is 9.59 Å². The number of likely N-dealkylation sites (tertiary alicyclic amines) is 1. The van der Waals surface area contributed by atoms with Crippen molar-refractivity contribution in [1.82, 2.24) is 5.16 Å². The van der Waals surface area contributed by atoms with E-state index in [-0.39, 0.29) is 29.4 Å². The maximum absolute atomic E-state index is 12.9. The summed E-state index contributed by atoms with van der Waals surface area (Å²) in [5.74, 6) is -0.820. The molecule has 162 valence electrons. The number of nitrogens with one attached hydrogen (secondary N) is 2. The van der Waals surface area contributed by atoms with Gasteiger partial charge in [0.2, 0.25) is 0 Å². The van der Waals surface area contributed by atoms with Crippen molar-refractivity contribution in [2.75, 3.05) is 43.9 Å². The van der Waals surface area contributed by atoms with E-state index in [4.69, 9.17) is 9.26 Å². The number of methoxy groups -OCH3 is 1. The molecule has 3 rings (SSSR count). The summed E-state index contributed by atoms with van der Waals surface area (Å²) in [4.78, 5) is 37.7. The maximum Gasteiger partial charge on any atom is 0.350 e. The van der Waals surface area contributed by atoms with Crippen LogP contribution in [0.15, 0.2) is 22.2 Å². The zero-order chi connectivity index (χ0) is 21.7. The van der Waals surface area contributed by atoms with Crippen molar-refractivity contribution in [3.05, 3.63) is 28.2 Å². The third-order valence-corrected chi connectivity index (χ3v) is 6.22. The van der Waals surface area contributed by atoms with Crippen LogP contribution >= 0.6 is 11.3 Å². The van der Waals surface area contributed by atoms with Crippen molar-refractivity contribution in [1.29, 1.82) is 0 Å². The fourth-order valence-corrected chi connectivity index (χ4v) is 4.49. The standard InChI is InChI=1S/C19H24N4O6S/c1-12-11-30-18(19(27)28-2)17(12)21-16(26)10-23(6-3-13(24)4-7-23)9-15(25)20-14-5-8-29-22-14/h5,8,11,13,24H,3-4,6-7,9-10H2,1-2H3,(H-,20,21,22,25,26,27)/p+1. The Balaban J connectivity index is 1.72. The summed E-state index contributed by atoms with van der Waals surface area (Å²) < 4.78 is 9.69. The number of carbonyl (C=O) groups is 3. The highest BCUT2D eigenvalue weighted by Gasteiger charge is 2.38. The summed E-state index contributed by atoms with van der Waals surface area (Å²) in [6.45, 7) is 2.85. The summed E-state index contributed by atoms with van der Waals surface area (Å²) in [5.41, 5.74) is 1.19. The van der Waals surface area contributed by atoms with Crippen LogP contribution in [0.25, 0.3) is 0 Å². The minimum atomic E-state index is -0.514. The molecule has 2 aromatic rings. The number of nitrogens with zero attached hydrogens (tertiary/aromatic N) is 2. The van der Waals surface area contributed by atoms with Crippen molar-refractivity contribution in [2.24, 2.45) is 0 Å². The molecule has 3 heterocycles. The van der Waals surface area contributed by atoms with Gasteiger partial charge in [0, 0.05) is 18.9 Å². The average molecular weight is 437 g/mol. The molecule has 10 nitrogen and oxygen atoms in total. The molecule has 0 aliphatic carbocycles. The number of hydrogen-bond acceptors (Lipinski definition) is 8. The van der Waals surface area contributed by atoms with E-state index < -0.39 is 12.1 Å². The lowest BCUT2D eigenvalue weighted by Gasteiger charge is -2.41. The lowest BCUT2D eigenvalue weighted by Crippen LogP contribution is -2.60. The van der Waals surface area contributed by atoms with Gasteiger partial charge in [-0.05, 0) is 17.9 Å². The summed E-state index contributed by atoms with van der Waals surface area (Å²) >= 11 is 1.20. The fourth-order valence-electron chi connectivity index (χ4n) is 3.56. The Morgan fingerprint density at radius 2 is 1.93 bits per heavy atom. The molecular weight excluding hydrogens is 412 g/mol. The van der Waals surface area contributed by atoms with Gasteiger partial charge < -0.3 is 29.5 Å². The number of esters is 1. The first kappa shape index (κ1) is 21.9. The second-order valence-electron chi connectivity index (χ2n) is 7.43. The quantitative estimate of drug-likeness (QED) is 0.441. The zero-order valence-corrected chi connectivity index (χ0v) is 17.7. The average Bonchev–Trinajstić information content (AvgIpc) is 3.34. The third kappa shape index (κ3) is 5.23. The normalized spacial score (nSPS) is 21.1. The highest BCUT2D eigenvalue weighted by molar-refractivity contribution is 7.12. The second kappa shape index (κ2) is 9.37. The van der Waals surface area contributed by atoms with Crippen LogP contribution in [0.5, 0.6) is 0 Å². The number of ether oxygens (including phenoxy) is 1. The maximum atomic E-state index is 12.9. The Kier molecular flexibility index (Phi) is 6.85. The topological polar surface area (TPSA) is 131 Å². The Hall–Kier alpha value is -2.76. The van der Waals surface area contributed by atoms with Crippen molar-refractivity contribution >= 4 is 40.6 Å². The van der Waals surface area contributed by atoms with Crippen LogP contribution < -0.4 is 10.6 Å². The first-order valence-electron chi connectivity index (χ1n) is 9.51. The van der Waals surface area contributed by atoms with E-state index >= 15 is 0 Å². The molecule has 0 radical (unpaired) electrons. The molecule has 0 aromatic carbocycles. The molecule has 0 saturated carbocycles. The molecule has 2 amide bonds. The number of aliphatic hydroxyl groups excluding tert-OH is 1. The molecule has 2 aromatic heterocycles. The molecule has 11 heteroatoms. The Morgan fingerprint density at radius 1 is 1.27 bits per heavy atom. The van der Waals surface area contributed by atoms with Crippen LogP contribution in [-0.4, -0.2) is 71.9 Å². The Bertz CT molecular complexity index is 902. The minimum Gasteiger partial charge on any atom is -0.465 e. The van der Waals surface area contributed by atoms with E-state index in [1.54, 1.807) is 12.3 Å². The van der Waals surface area contributed by atoms with Crippen molar-refractivity contribution in [2.45, 2.75) is 25.9 Å². The van der Waals surface area contributed by atoms with Crippen LogP contribution in [0.2, 0.25) is 0 Å². The van der Waals surface area contributed by atoms with Crippen molar-refractivity contribution in [3.63, 3.8) is 0 Å². The molecule has 1 saturated heterocycles. The number of hydrogen-bond donors (Lipinski definition) is 3. The highest BCUT2D eigenvalue weighted by Crippen LogP contribution is 2.29. The first-order valence-corrected chi connectivity index (χ1v) is 10.4. The monoisotopic (exact) mass is 437 g/mol. The van der Waals surface area contributed by atoms with E-state index in [1.807, 2.05) is 0 Å². The third-order valence-electron chi connectivity index (χ3n) is 5.15. The van der Waals surface area contributed by atoms with Crippen molar-refractivity contribution < 1.29 is 33.2 Å². The number of rotatable bonds is 7. The van der Waals surface area contributed by atoms with Crippen LogP contribution in [0.3, 0.4) is 0 Å². The SMILES string of the molecule is COC(=O)c1scc(C)c1NC(=O)C[N+]1(CC(=O)Nc2ccon2)CCC(O)CC1. The lowest BCUT2D eigenvalue weighted by atomic mass is 10.0. The largest absolute Gasteiger partial charge is 0.465 e. The highest BCUT2D eigenvalue weighted by atomic mass is 32.1. The van der Waals surface area contributed by atoms with Crippen LogP contribution in [0.1, 0.15) is 28.1 Å². The fraction of sp³-hybridized carbons (Fsp3) is 0.474. The Labute approximate surface area is 177 Å². The molecule has 0 spiro atoms. The van der Waals surface area contributed by atoms with E-state index in [1.165, 1.54) is 30.8 Å². The predicted octanol–water partition coefficient (Wildman–Crippen LogP) is 1.38. The molecule has 1 fully saturated rings. The van der Waals surface area contributed by atoms with Crippen LogP contribution in [0, 0.1) is 6.92 Å². The van der Waals surface area contributed by atoms with Gasteiger partial charge >= 0.3 is 5.97 Å². The number of aryl methyl sites for hydroxylation is 1. The summed E-state index contributed by atoms with van der Waals surface area (Å²) in [7, 11) is 1.29. The molecule has 3 N–H and O–H groups in total. The van der Waals surface area contributed by atoms with E-state index in [9.17, 15) is 19.5 Å². The van der Waals surface area contributed by atoms with Gasteiger partial charge in [0.25, 0.3) is 11.8 Å². The van der Waals surface area contributed by atoms with Gasteiger partial charge in [0.05, 0.1) is 32.0 Å². The molecular formula is C19H25N4O6S+. The predicted molar refractivity (Wildman–Crippen MR) is 109 cm³/mol. The molecule has 30 heavy (non-hydrogen) atoms. The number of piperidine rings is 1. The number of aliphatic hydroxyl groups is 1. The van der Waals surface area contributed by atoms with Gasteiger partial charge in [-0.1, -0.05) is 5.16 Å².